The van der Waals surface area contributed by atoms with Gasteiger partial charge in [0.15, 0.2) is 0 Å². The summed E-state index contributed by atoms with van der Waals surface area (Å²) in [7, 11) is 0. The van der Waals surface area contributed by atoms with E-state index in [4.69, 9.17) is 0 Å². The van der Waals surface area contributed by atoms with E-state index in [0.717, 1.165) is 0 Å². The molecule has 0 N–H and O–H groups in total. The number of nitrogens with zero attached hydrogens (tertiary/aromatic N) is 1. The first kappa shape index (κ1) is 29.7. The molecule has 1 nitrogen and oxygen atoms in total. The summed E-state index contributed by atoms with van der Waals surface area (Å²) in [6.07, 6.45) is 0. The third kappa shape index (κ3) is 4.60. The molecular formula is C48H41N. The zero-order valence-electron chi connectivity index (χ0n) is 29.2. The minimum absolute atomic E-state index is 0.0941. The summed E-state index contributed by atoms with van der Waals surface area (Å²) in [6, 6.07) is 52.7. The van der Waals surface area contributed by atoms with Gasteiger partial charge in [-0.15, -0.1) is 0 Å². The Bertz CT molecular complexity index is 2640. The van der Waals surface area contributed by atoms with E-state index in [9.17, 15) is 0 Å². The van der Waals surface area contributed by atoms with Crippen LogP contribution in [-0.2, 0) is 10.8 Å². The van der Waals surface area contributed by atoms with Crippen molar-refractivity contribution in [3.8, 4) is 27.9 Å². The molecule has 8 aromatic carbocycles. The Hall–Kier alpha value is -5.40. The molecule has 49 heavy (non-hydrogen) atoms. The SMILES string of the molecule is CC(C)(C)c1ccc(-c2ccc3ccc4c(-n5c6ccccc6c6ccccc65)cc(-c5ccc(C(C)(C)C)cc5)c5ccc2c3c54)cc1. The van der Waals surface area contributed by atoms with Gasteiger partial charge >= 0.3 is 0 Å². The molecule has 0 fully saturated rings. The summed E-state index contributed by atoms with van der Waals surface area (Å²) in [5.41, 5.74) is 11.6. The van der Waals surface area contributed by atoms with Crippen LogP contribution in [0.25, 0.3) is 82.1 Å². The van der Waals surface area contributed by atoms with Crippen molar-refractivity contribution in [1.82, 2.24) is 4.57 Å². The van der Waals surface area contributed by atoms with E-state index in [-0.39, 0.29) is 10.8 Å². The van der Waals surface area contributed by atoms with Crippen LogP contribution in [0.3, 0.4) is 0 Å². The summed E-state index contributed by atoms with van der Waals surface area (Å²) < 4.78 is 2.50. The van der Waals surface area contributed by atoms with Gasteiger partial charge in [-0.1, -0.05) is 163 Å². The highest BCUT2D eigenvalue weighted by Gasteiger charge is 2.22. The molecular weight excluding hydrogens is 591 g/mol. The predicted molar refractivity (Wildman–Crippen MR) is 213 cm³/mol. The van der Waals surface area contributed by atoms with Crippen molar-refractivity contribution in [3.05, 3.63) is 151 Å². The lowest BCUT2D eigenvalue weighted by Gasteiger charge is -2.22. The Morgan fingerprint density at radius 2 is 0.857 bits per heavy atom. The number of para-hydroxylation sites is 2. The van der Waals surface area contributed by atoms with Crippen molar-refractivity contribution in [1.29, 1.82) is 0 Å². The topological polar surface area (TPSA) is 4.93 Å². The molecule has 0 saturated carbocycles. The number of fused-ring (bicyclic) bond motifs is 3. The summed E-state index contributed by atoms with van der Waals surface area (Å²) >= 11 is 0. The first-order valence-electron chi connectivity index (χ1n) is 17.5. The average molecular weight is 632 g/mol. The van der Waals surface area contributed by atoms with Gasteiger partial charge in [-0.05, 0) is 84.0 Å². The van der Waals surface area contributed by atoms with E-state index in [1.54, 1.807) is 0 Å². The van der Waals surface area contributed by atoms with Crippen LogP contribution in [0.4, 0.5) is 0 Å². The number of rotatable bonds is 3. The standard InChI is InChI=1S/C48H41N/c1-47(2,3)33-21-15-30(16-22-33)35-25-19-32-20-26-40-44(49-42-13-9-7-11-36(42)37-12-8-10-14-43(37)49)29-41(39-28-27-38(35)45(32)46(39)40)31-17-23-34(24-18-31)48(4,5)6/h7-29H,1-6H3. The second-order valence-corrected chi connectivity index (χ2v) is 15.8. The maximum Gasteiger partial charge on any atom is 0.0547 e. The van der Waals surface area contributed by atoms with E-state index < -0.39 is 0 Å². The van der Waals surface area contributed by atoms with Crippen LogP contribution in [0.1, 0.15) is 52.7 Å². The fourth-order valence-corrected chi connectivity index (χ4v) is 8.04. The van der Waals surface area contributed by atoms with Gasteiger partial charge in [-0.2, -0.15) is 0 Å². The zero-order chi connectivity index (χ0) is 33.7. The van der Waals surface area contributed by atoms with Gasteiger partial charge < -0.3 is 4.57 Å². The van der Waals surface area contributed by atoms with Crippen molar-refractivity contribution in [2.24, 2.45) is 0 Å². The lowest BCUT2D eigenvalue weighted by Crippen LogP contribution is -2.10. The minimum atomic E-state index is 0.0941. The fraction of sp³-hybridized carbons (Fsp3) is 0.167. The van der Waals surface area contributed by atoms with Crippen LogP contribution < -0.4 is 0 Å². The minimum Gasteiger partial charge on any atom is -0.309 e. The van der Waals surface area contributed by atoms with Gasteiger partial charge in [-0.25, -0.2) is 0 Å². The maximum absolute atomic E-state index is 2.50. The van der Waals surface area contributed by atoms with Crippen molar-refractivity contribution in [2.45, 2.75) is 52.4 Å². The van der Waals surface area contributed by atoms with Crippen LogP contribution in [-0.4, -0.2) is 4.57 Å². The van der Waals surface area contributed by atoms with Gasteiger partial charge in [0.2, 0.25) is 0 Å². The van der Waals surface area contributed by atoms with E-state index in [1.165, 1.54) is 93.2 Å². The van der Waals surface area contributed by atoms with Gasteiger partial charge in [-0.3, -0.25) is 0 Å². The molecule has 1 heteroatoms. The predicted octanol–water partition coefficient (Wildman–Crippen LogP) is 13.6. The van der Waals surface area contributed by atoms with Crippen LogP contribution >= 0.6 is 0 Å². The van der Waals surface area contributed by atoms with Crippen molar-refractivity contribution in [2.75, 3.05) is 0 Å². The molecule has 0 aliphatic carbocycles. The normalized spacial score (nSPS) is 12.7. The molecule has 0 spiro atoms. The molecule has 238 valence electrons. The van der Waals surface area contributed by atoms with E-state index in [0.29, 0.717) is 0 Å². The summed E-state index contributed by atoms with van der Waals surface area (Å²) in [5, 5.41) is 10.4. The molecule has 0 saturated heterocycles. The number of hydrogen-bond acceptors (Lipinski definition) is 0. The molecule has 9 rings (SSSR count). The van der Waals surface area contributed by atoms with E-state index in [2.05, 4.69) is 186 Å². The lowest BCUT2D eigenvalue weighted by atomic mass is 9.83. The second kappa shape index (κ2) is 10.5. The van der Waals surface area contributed by atoms with Crippen molar-refractivity contribution >= 4 is 54.1 Å². The van der Waals surface area contributed by atoms with Crippen LogP contribution in [0, 0.1) is 0 Å². The van der Waals surface area contributed by atoms with Crippen molar-refractivity contribution in [3.63, 3.8) is 0 Å². The third-order valence-corrected chi connectivity index (χ3v) is 10.7. The van der Waals surface area contributed by atoms with Crippen LogP contribution in [0.5, 0.6) is 0 Å². The monoisotopic (exact) mass is 631 g/mol. The molecule has 1 aromatic heterocycles. The third-order valence-electron chi connectivity index (χ3n) is 10.7. The molecule has 0 atom stereocenters. The first-order chi connectivity index (χ1) is 23.6. The number of hydrogen-bond donors (Lipinski definition) is 0. The summed E-state index contributed by atoms with van der Waals surface area (Å²) in [6.45, 7) is 13.7. The van der Waals surface area contributed by atoms with E-state index >= 15 is 0 Å². The molecule has 0 aliphatic heterocycles. The Balaban J connectivity index is 1.40. The number of benzene rings is 8. The molecule has 0 amide bonds. The van der Waals surface area contributed by atoms with Crippen LogP contribution in [0.2, 0.25) is 0 Å². The molecule has 0 unspecified atom stereocenters. The van der Waals surface area contributed by atoms with Gasteiger partial charge in [0, 0.05) is 21.5 Å². The van der Waals surface area contributed by atoms with Gasteiger partial charge in [0.25, 0.3) is 0 Å². The summed E-state index contributed by atoms with van der Waals surface area (Å²) in [4.78, 5) is 0. The maximum atomic E-state index is 2.50. The van der Waals surface area contributed by atoms with E-state index in [1.807, 2.05) is 0 Å². The molecule has 0 aliphatic rings. The average Bonchev–Trinajstić information content (AvgIpc) is 3.44. The molecule has 0 bridgehead atoms. The van der Waals surface area contributed by atoms with Crippen LogP contribution in [0.15, 0.2) is 140 Å². The molecule has 1 heterocycles. The fourth-order valence-electron chi connectivity index (χ4n) is 8.04. The Kier molecular flexibility index (Phi) is 6.40. The Morgan fingerprint density at radius 3 is 1.41 bits per heavy atom. The number of aromatic nitrogens is 1. The van der Waals surface area contributed by atoms with Crippen molar-refractivity contribution < 1.29 is 0 Å². The first-order valence-corrected chi connectivity index (χ1v) is 17.5. The lowest BCUT2D eigenvalue weighted by molar-refractivity contribution is 0.590. The Labute approximate surface area is 288 Å². The molecule has 9 aromatic rings. The summed E-state index contributed by atoms with van der Waals surface area (Å²) in [5.74, 6) is 0. The highest BCUT2D eigenvalue weighted by atomic mass is 15.0. The smallest absolute Gasteiger partial charge is 0.0547 e. The zero-order valence-corrected chi connectivity index (χ0v) is 29.2. The second-order valence-electron chi connectivity index (χ2n) is 15.8. The largest absolute Gasteiger partial charge is 0.309 e. The van der Waals surface area contributed by atoms with Gasteiger partial charge in [0.1, 0.15) is 0 Å². The molecule has 0 radical (unpaired) electrons. The Morgan fingerprint density at radius 1 is 0.388 bits per heavy atom. The highest BCUT2D eigenvalue weighted by molar-refractivity contribution is 6.29. The quantitative estimate of drug-likeness (QED) is 0.171. The van der Waals surface area contributed by atoms with Gasteiger partial charge in [0.05, 0.1) is 16.7 Å². The highest BCUT2D eigenvalue weighted by Crippen LogP contribution is 2.46.